The third kappa shape index (κ3) is 3.33. The summed E-state index contributed by atoms with van der Waals surface area (Å²) in [7, 11) is 0. The summed E-state index contributed by atoms with van der Waals surface area (Å²) in [5.74, 6) is 1.07. The summed E-state index contributed by atoms with van der Waals surface area (Å²) < 4.78 is 42.8. The molecule has 6 nitrogen and oxygen atoms in total. The molecule has 0 atom stereocenters. The van der Waals surface area contributed by atoms with Crippen molar-refractivity contribution in [1.29, 1.82) is 0 Å². The minimum atomic E-state index is -4.36. The van der Waals surface area contributed by atoms with Crippen LogP contribution >= 0.6 is 0 Å². The molecule has 0 saturated carbocycles. The van der Waals surface area contributed by atoms with Gasteiger partial charge < -0.3 is 15.5 Å². The van der Waals surface area contributed by atoms with Crippen molar-refractivity contribution in [3.8, 4) is 5.75 Å². The van der Waals surface area contributed by atoms with E-state index in [4.69, 9.17) is 10.5 Å². The maximum atomic E-state index is 12.5. The molecule has 0 bridgehead atoms. The number of nitrogens with two attached hydrogens (primary N) is 1. The van der Waals surface area contributed by atoms with Gasteiger partial charge in [-0.2, -0.15) is 13.2 Å². The Hall–Kier alpha value is -2.84. The molecule has 9 heteroatoms. The van der Waals surface area contributed by atoms with Crippen LogP contribution in [0.15, 0.2) is 30.6 Å². The molecule has 3 rings (SSSR count). The number of imidazole rings is 1. The highest BCUT2D eigenvalue weighted by molar-refractivity contribution is 5.80. The number of fused-ring (bicyclic) bond motifs is 1. The van der Waals surface area contributed by atoms with Crippen LogP contribution in [0, 0.1) is 0 Å². The fraction of sp³-hybridized carbons (Fsp3) is 0.214. The highest BCUT2D eigenvalue weighted by Gasteiger charge is 2.29. The zero-order chi connectivity index (χ0) is 16.4. The summed E-state index contributed by atoms with van der Waals surface area (Å²) in [5.41, 5.74) is 6.07. The van der Waals surface area contributed by atoms with Crippen molar-refractivity contribution in [1.82, 2.24) is 19.9 Å². The van der Waals surface area contributed by atoms with Gasteiger partial charge in [-0.25, -0.2) is 15.0 Å². The number of aromatic amines is 1. The fourth-order valence-electron chi connectivity index (χ4n) is 2.02. The smallest absolute Gasteiger partial charge is 0.416 e. The first-order chi connectivity index (χ1) is 10.9. The number of aromatic nitrogens is 4. The average Bonchev–Trinajstić information content (AvgIpc) is 2.96. The van der Waals surface area contributed by atoms with E-state index in [1.54, 1.807) is 0 Å². The first-order valence-corrected chi connectivity index (χ1v) is 6.69. The summed E-state index contributed by atoms with van der Waals surface area (Å²) in [4.78, 5) is 15.2. The molecular weight excluding hydrogens is 311 g/mol. The average molecular weight is 323 g/mol. The number of anilines is 1. The molecule has 0 aliphatic heterocycles. The van der Waals surface area contributed by atoms with Gasteiger partial charge in [0.05, 0.1) is 18.5 Å². The lowest BCUT2D eigenvalue weighted by Crippen LogP contribution is -2.08. The van der Waals surface area contributed by atoms with E-state index in [0.29, 0.717) is 29.2 Å². The van der Waals surface area contributed by atoms with Gasteiger partial charge in [-0.3, -0.25) is 0 Å². The number of nitrogens with one attached hydrogen (secondary N) is 1. The number of halogens is 3. The lowest BCUT2D eigenvalue weighted by atomic mass is 10.2. The number of rotatable bonds is 4. The van der Waals surface area contributed by atoms with Crippen molar-refractivity contribution < 1.29 is 17.9 Å². The van der Waals surface area contributed by atoms with Crippen LogP contribution in [-0.4, -0.2) is 26.5 Å². The molecule has 120 valence electrons. The second-order valence-corrected chi connectivity index (χ2v) is 4.75. The predicted octanol–water partition coefficient (Wildman–Crippen LogP) is 2.58. The van der Waals surface area contributed by atoms with Crippen LogP contribution < -0.4 is 10.5 Å². The monoisotopic (exact) mass is 323 g/mol. The van der Waals surface area contributed by atoms with E-state index in [2.05, 4.69) is 19.9 Å². The molecule has 0 radical (unpaired) electrons. The normalized spacial score (nSPS) is 11.8. The Bertz CT molecular complexity index is 813. The van der Waals surface area contributed by atoms with E-state index in [1.165, 1.54) is 18.5 Å². The van der Waals surface area contributed by atoms with Gasteiger partial charge in [-0.05, 0) is 24.3 Å². The molecule has 0 aliphatic rings. The van der Waals surface area contributed by atoms with E-state index in [1.807, 2.05) is 0 Å². The third-order valence-electron chi connectivity index (χ3n) is 3.13. The molecule has 0 aliphatic carbocycles. The number of ether oxygens (including phenoxy) is 1. The largest absolute Gasteiger partial charge is 0.493 e. The first-order valence-electron chi connectivity index (χ1n) is 6.69. The SMILES string of the molecule is Nc1nc(CCOc2ccc(C(F)(F)F)cc2)nc2[nH]cnc12. The Balaban J connectivity index is 1.62. The van der Waals surface area contributed by atoms with Crippen LogP contribution in [0.1, 0.15) is 11.4 Å². The number of nitrogens with zero attached hydrogens (tertiary/aromatic N) is 3. The second kappa shape index (κ2) is 5.75. The minimum absolute atomic E-state index is 0.213. The molecule has 0 fully saturated rings. The maximum absolute atomic E-state index is 12.5. The molecule has 0 saturated heterocycles. The van der Waals surface area contributed by atoms with Gasteiger partial charge in [0, 0.05) is 6.42 Å². The Morgan fingerprint density at radius 3 is 2.57 bits per heavy atom. The van der Waals surface area contributed by atoms with Gasteiger partial charge in [0.1, 0.15) is 17.1 Å². The van der Waals surface area contributed by atoms with E-state index >= 15 is 0 Å². The highest BCUT2D eigenvalue weighted by Crippen LogP contribution is 2.30. The van der Waals surface area contributed by atoms with Crippen LogP contribution in [0.3, 0.4) is 0 Å². The molecule has 1 aromatic carbocycles. The predicted molar refractivity (Wildman–Crippen MR) is 76.7 cm³/mol. The van der Waals surface area contributed by atoms with E-state index in [0.717, 1.165) is 12.1 Å². The topological polar surface area (TPSA) is 89.7 Å². The summed E-state index contributed by atoms with van der Waals surface area (Å²) in [5, 5.41) is 0. The molecule has 0 amide bonds. The second-order valence-electron chi connectivity index (χ2n) is 4.75. The molecule has 0 spiro atoms. The number of alkyl halides is 3. The fourth-order valence-corrected chi connectivity index (χ4v) is 2.02. The summed E-state index contributed by atoms with van der Waals surface area (Å²) in [6, 6.07) is 4.49. The molecule has 2 aromatic heterocycles. The zero-order valence-corrected chi connectivity index (χ0v) is 11.8. The number of hydrogen-bond acceptors (Lipinski definition) is 5. The molecule has 0 unspecified atom stereocenters. The van der Waals surface area contributed by atoms with Crippen LogP contribution in [0.25, 0.3) is 11.2 Å². The van der Waals surface area contributed by atoms with Crippen LogP contribution in [0.2, 0.25) is 0 Å². The molecule has 23 heavy (non-hydrogen) atoms. The number of hydrogen-bond donors (Lipinski definition) is 2. The zero-order valence-electron chi connectivity index (χ0n) is 11.8. The first kappa shape index (κ1) is 15.1. The van der Waals surface area contributed by atoms with Gasteiger partial charge >= 0.3 is 6.18 Å². The molecule has 3 N–H and O–H groups in total. The van der Waals surface area contributed by atoms with Crippen LogP contribution in [0.4, 0.5) is 19.0 Å². The lowest BCUT2D eigenvalue weighted by molar-refractivity contribution is -0.137. The van der Waals surface area contributed by atoms with E-state index in [9.17, 15) is 13.2 Å². The van der Waals surface area contributed by atoms with Gasteiger partial charge in [0.25, 0.3) is 0 Å². The summed E-state index contributed by atoms with van der Waals surface area (Å²) in [6.45, 7) is 0.213. The Morgan fingerprint density at radius 1 is 1.13 bits per heavy atom. The van der Waals surface area contributed by atoms with Gasteiger partial charge in [0.15, 0.2) is 11.5 Å². The number of nitrogen functional groups attached to an aromatic ring is 1. The maximum Gasteiger partial charge on any atom is 0.416 e. The summed E-state index contributed by atoms with van der Waals surface area (Å²) in [6.07, 6.45) is -2.53. The van der Waals surface area contributed by atoms with Crippen molar-refractivity contribution in [2.45, 2.75) is 12.6 Å². The van der Waals surface area contributed by atoms with Gasteiger partial charge in [0.2, 0.25) is 0 Å². The van der Waals surface area contributed by atoms with Crippen molar-refractivity contribution in [3.05, 3.63) is 42.0 Å². The third-order valence-corrected chi connectivity index (χ3v) is 3.13. The molecule has 3 aromatic rings. The van der Waals surface area contributed by atoms with Crippen molar-refractivity contribution >= 4 is 17.0 Å². The highest BCUT2D eigenvalue weighted by atomic mass is 19.4. The van der Waals surface area contributed by atoms with Crippen molar-refractivity contribution in [2.24, 2.45) is 0 Å². The lowest BCUT2D eigenvalue weighted by Gasteiger charge is -2.09. The van der Waals surface area contributed by atoms with Gasteiger partial charge in [-0.15, -0.1) is 0 Å². The Labute approximate surface area is 128 Å². The van der Waals surface area contributed by atoms with Crippen molar-refractivity contribution in [3.63, 3.8) is 0 Å². The minimum Gasteiger partial charge on any atom is -0.493 e. The van der Waals surface area contributed by atoms with Crippen molar-refractivity contribution in [2.75, 3.05) is 12.3 Å². The summed E-state index contributed by atoms with van der Waals surface area (Å²) >= 11 is 0. The Morgan fingerprint density at radius 2 is 1.87 bits per heavy atom. The van der Waals surface area contributed by atoms with Gasteiger partial charge in [-0.1, -0.05) is 0 Å². The standard InChI is InChI=1S/C14H12F3N5O/c15-14(16,17)8-1-3-9(4-2-8)23-6-5-10-21-12(18)11-13(22-10)20-7-19-11/h1-4,7H,5-6H2,(H3,18,19,20,21,22). The van der Waals surface area contributed by atoms with Crippen LogP contribution in [0.5, 0.6) is 5.75 Å². The molecular formula is C14H12F3N5O. The quantitative estimate of drug-likeness (QED) is 0.770. The molecule has 2 heterocycles. The van der Waals surface area contributed by atoms with Crippen LogP contribution in [-0.2, 0) is 12.6 Å². The Kier molecular flexibility index (Phi) is 3.77. The van der Waals surface area contributed by atoms with E-state index in [-0.39, 0.29) is 12.4 Å². The van der Waals surface area contributed by atoms with E-state index < -0.39 is 11.7 Å². The number of H-pyrrole nitrogens is 1. The number of benzene rings is 1.